The van der Waals surface area contributed by atoms with Gasteiger partial charge in [0.2, 0.25) is 11.8 Å². The summed E-state index contributed by atoms with van der Waals surface area (Å²) in [6.07, 6.45) is 1.94. The van der Waals surface area contributed by atoms with Gasteiger partial charge in [-0.3, -0.25) is 19.4 Å². The highest BCUT2D eigenvalue weighted by atomic mass is 35.5. The predicted octanol–water partition coefficient (Wildman–Crippen LogP) is 2.37. The fourth-order valence-electron chi connectivity index (χ4n) is 3.70. The van der Waals surface area contributed by atoms with Crippen LogP contribution >= 0.6 is 23.2 Å². The van der Waals surface area contributed by atoms with Gasteiger partial charge in [-0.05, 0) is 24.1 Å². The average molecular weight is 473 g/mol. The minimum absolute atomic E-state index is 0.00562. The van der Waals surface area contributed by atoms with Crippen molar-refractivity contribution in [2.45, 2.75) is 25.7 Å². The molecule has 7 nitrogen and oxygen atoms in total. The molecule has 0 bridgehead atoms. The molecule has 1 aromatic rings. The Bertz CT molecular complexity index is 712. The van der Waals surface area contributed by atoms with E-state index < -0.39 is 0 Å². The highest BCUT2D eigenvalue weighted by Crippen LogP contribution is 2.30. The van der Waals surface area contributed by atoms with Crippen LogP contribution in [-0.4, -0.2) is 87.7 Å². The number of hydrogen-bond donors (Lipinski definition) is 2. The Morgan fingerprint density at radius 2 is 1.68 bits per heavy atom. The highest BCUT2D eigenvalue weighted by molar-refractivity contribution is 6.35. The molecule has 1 atom stereocenters. The maximum Gasteiger partial charge on any atom is 0.234 e. The zero-order chi connectivity index (χ0) is 22.6. The van der Waals surface area contributed by atoms with E-state index in [1.54, 1.807) is 13.2 Å². The second-order valence-corrected chi connectivity index (χ2v) is 8.69. The molecular formula is C22H34Cl2N4O3. The van der Waals surface area contributed by atoms with Crippen LogP contribution in [0.25, 0.3) is 0 Å². The van der Waals surface area contributed by atoms with E-state index in [1.165, 1.54) is 0 Å². The quantitative estimate of drug-likeness (QED) is 0.456. The van der Waals surface area contributed by atoms with Crippen LogP contribution in [0, 0.1) is 0 Å². The second kappa shape index (κ2) is 13.9. The van der Waals surface area contributed by atoms with Crippen molar-refractivity contribution in [1.29, 1.82) is 0 Å². The van der Waals surface area contributed by atoms with Crippen LogP contribution in [0.4, 0.5) is 0 Å². The third-order valence-electron chi connectivity index (χ3n) is 5.41. The first kappa shape index (κ1) is 25.9. The third kappa shape index (κ3) is 9.33. The molecular weight excluding hydrogens is 439 g/mol. The van der Waals surface area contributed by atoms with Crippen molar-refractivity contribution >= 4 is 35.0 Å². The van der Waals surface area contributed by atoms with Crippen molar-refractivity contribution < 1.29 is 14.3 Å². The lowest BCUT2D eigenvalue weighted by Crippen LogP contribution is -2.51. The zero-order valence-corrected chi connectivity index (χ0v) is 20.0. The first-order valence-electron chi connectivity index (χ1n) is 10.8. The predicted molar refractivity (Wildman–Crippen MR) is 125 cm³/mol. The van der Waals surface area contributed by atoms with Gasteiger partial charge in [-0.25, -0.2) is 0 Å². The standard InChI is InChI=1S/C22H34Cl2N4O3/c1-3-4-17(19-6-5-18(23)13-20(19)24)14-26-22(30)16-28-10-8-27(9-11-28)15-21(29)25-7-12-31-2/h5-6,13,17H,3-4,7-12,14-16H2,1-2H3,(H,25,29)(H,26,30)/t17-/m1/s1. The fraction of sp³-hybridized carbons (Fsp3) is 0.636. The molecule has 1 saturated heterocycles. The van der Waals surface area contributed by atoms with Crippen molar-refractivity contribution in [1.82, 2.24) is 20.4 Å². The van der Waals surface area contributed by atoms with Crippen LogP contribution in [0.15, 0.2) is 18.2 Å². The topological polar surface area (TPSA) is 73.9 Å². The van der Waals surface area contributed by atoms with Crippen LogP contribution < -0.4 is 10.6 Å². The molecule has 1 fully saturated rings. The van der Waals surface area contributed by atoms with Crippen LogP contribution in [0.5, 0.6) is 0 Å². The number of rotatable bonds is 12. The Morgan fingerprint density at radius 3 is 2.23 bits per heavy atom. The largest absolute Gasteiger partial charge is 0.383 e. The number of ether oxygens (including phenoxy) is 1. The van der Waals surface area contributed by atoms with Gasteiger partial charge in [0.05, 0.1) is 19.7 Å². The van der Waals surface area contributed by atoms with Gasteiger partial charge in [0, 0.05) is 62.3 Å². The van der Waals surface area contributed by atoms with Crippen LogP contribution in [0.3, 0.4) is 0 Å². The monoisotopic (exact) mass is 472 g/mol. The molecule has 0 spiro atoms. The molecule has 1 aromatic carbocycles. The molecule has 2 amide bonds. The minimum atomic E-state index is 0.00562. The zero-order valence-electron chi connectivity index (χ0n) is 18.5. The van der Waals surface area contributed by atoms with Crippen molar-refractivity contribution in [3.8, 4) is 0 Å². The van der Waals surface area contributed by atoms with E-state index in [-0.39, 0.29) is 17.7 Å². The van der Waals surface area contributed by atoms with Crippen LogP contribution in [0.2, 0.25) is 10.0 Å². The van der Waals surface area contributed by atoms with E-state index in [2.05, 4.69) is 27.4 Å². The van der Waals surface area contributed by atoms with E-state index in [9.17, 15) is 9.59 Å². The molecule has 2 rings (SSSR count). The first-order chi connectivity index (χ1) is 14.9. The van der Waals surface area contributed by atoms with Crippen molar-refractivity contribution in [2.75, 3.05) is 66.1 Å². The summed E-state index contributed by atoms with van der Waals surface area (Å²) in [7, 11) is 1.61. The van der Waals surface area contributed by atoms with Gasteiger partial charge in [-0.2, -0.15) is 0 Å². The van der Waals surface area contributed by atoms with E-state index >= 15 is 0 Å². The lowest BCUT2D eigenvalue weighted by atomic mass is 9.94. The molecule has 9 heteroatoms. The van der Waals surface area contributed by atoms with E-state index in [0.717, 1.165) is 44.6 Å². The number of nitrogens with one attached hydrogen (secondary N) is 2. The number of carbonyl (C=O) groups is 2. The highest BCUT2D eigenvalue weighted by Gasteiger charge is 2.21. The van der Waals surface area contributed by atoms with Crippen molar-refractivity contribution in [3.63, 3.8) is 0 Å². The van der Waals surface area contributed by atoms with Gasteiger partial charge in [-0.15, -0.1) is 0 Å². The summed E-state index contributed by atoms with van der Waals surface area (Å²) in [5.41, 5.74) is 1.02. The van der Waals surface area contributed by atoms with Gasteiger partial charge in [0.25, 0.3) is 0 Å². The maximum absolute atomic E-state index is 12.5. The number of hydrogen-bond acceptors (Lipinski definition) is 5. The summed E-state index contributed by atoms with van der Waals surface area (Å²) in [6.45, 7) is 7.51. The van der Waals surface area contributed by atoms with Crippen LogP contribution in [0.1, 0.15) is 31.2 Å². The van der Waals surface area contributed by atoms with Gasteiger partial charge in [-0.1, -0.05) is 42.6 Å². The van der Waals surface area contributed by atoms with Crippen LogP contribution in [-0.2, 0) is 14.3 Å². The molecule has 0 aromatic heterocycles. The van der Waals surface area contributed by atoms with Crippen molar-refractivity contribution in [3.05, 3.63) is 33.8 Å². The lowest BCUT2D eigenvalue weighted by molar-refractivity contribution is -0.125. The maximum atomic E-state index is 12.5. The van der Waals surface area contributed by atoms with Gasteiger partial charge in [0.1, 0.15) is 0 Å². The fourth-order valence-corrected chi connectivity index (χ4v) is 4.26. The molecule has 0 aliphatic carbocycles. The average Bonchev–Trinajstić information content (AvgIpc) is 2.73. The smallest absolute Gasteiger partial charge is 0.234 e. The van der Waals surface area contributed by atoms with Crippen molar-refractivity contribution in [2.24, 2.45) is 0 Å². The third-order valence-corrected chi connectivity index (χ3v) is 5.98. The Kier molecular flexibility index (Phi) is 11.6. The molecule has 1 aliphatic rings. The normalized spacial score (nSPS) is 16.1. The number of halogens is 2. The summed E-state index contributed by atoms with van der Waals surface area (Å²) in [5.74, 6) is 0.176. The molecule has 0 radical (unpaired) electrons. The number of nitrogens with zero attached hydrogens (tertiary/aromatic N) is 2. The number of piperazine rings is 1. The summed E-state index contributed by atoms with van der Waals surface area (Å²) in [5, 5.41) is 7.15. The summed E-state index contributed by atoms with van der Waals surface area (Å²) in [6, 6.07) is 5.53. The molecule has 174 valence electrons. The Morgan fingerprint density at radius 1 is 1.06 bits per heavy atom. The van der Waals surface area contributed by atoms with E-state index in [4.69, 9.17) is 27.9 Å². The van der Waals surface area contributed by atoms with E-state index in [0.29, 0.717) is 42.8 Å². The second-order valence-electron chi connectivity index (χ2n) is 7.85. The Balaban J connectivity index is 1.73. The lowest BCUT2D eigenvalue weighted by Gasteiger charge is -2.33. The molecule has 31 heavy (non-hydrogen) atoms. The first-order valence-corrected chi connectivity index (χ1v) is 11.6. The molecule has 0 saturated carbocycles. The van der Waals surface area contributed by atoms with Gasteiger partial charge in [0.15, 0.2) is 0 Å². The Hall–Kier alpha value is -1.38. The number of methoxy groups -OCH3 is 1. The molecule has 1 aliphatic heterocycles. The van der Waals surface area contributed by atoms with Gasteiger partial charge < -0.3 is 15.4 Å². The summed E-state index contributed by atoms with van der Waals surface area (Å²) >= 11 is 12.4. The number of carbonyl (C=O) groups excluding carboxylic acids is 2. The van der Waals surface area contributed by atoms with Gasteiger partial charge >= 0.3 is 0 Å². The molecule has 1 heterocycles. The number of benzene rings is 1. The SMILES string of the molecule is CCC[C@H](CNC(=O)CN1CCN(CC(=O)NCCOC)CC1)c1ccc(Cl)cc1Cl. The minimum Gasteiger partial charge on any atom is -0.383 e. The Labute approximate surface area is 195 Å². The summed E-state index contributed by atoms with van der Waals surface area (Å²) < 4.78 is 4.93. The number of amides is 2. The molecule has 2 N–H and O–H groups in total. The summed E-state index contributed by atoms with van der Waals surface area (Å²) in [4.78, 5) is 28.6. The van der Waals surface area contributed by atoms with E-state index in [1.807, 2.05) is 12.1 Å². The molecule has 0 unspecified atom stereocenters.